The smallest absolute Gasteiger partial charge is 0.372 e. The zero-order valence-electron chi connectivity index (χ0n) is 30.7. The van der Waals surface area contributed by atoms with Crippen LogP contribution < -0.4 is 26.8 Å². The summed E-state index contributed by atoms with van der Waals surface area (Å²) in [5, 5.41) is 8.87. The van der Waals surface area contributed by atoms with Gasteiger partial charge in [-0.2, -0.15) is 21.9 Å². The fourth-order valence-corrected chi connectivity index (χ4v) is 7.39. The average Bonchev–Trinajstić information content (AvgIpc) is 3.19. The minimum atomic E-state index is -1.22. The second kappa shape index (κ2) is 22.2. The number of anilines is 1. The number of nitrogens with zero attached hydrogens (tertiary/aromatic N) is 3. The quantitative estimate of drug-likeness (QED) is 0.0500. The minimum Gasteiger partial charge on any atom is -0.372 e. The van der Waals surface area contributed by atoms with Gasteiger partial charge in [0, 0.05) is 30.9 Å². The monoisotopic (exact) mass is 663 g/mol. The van der Waals surface area contributed by atoms with Crippen LogP contribution in [0.15, 0.2) is 146 Å². The molecule has 0 bridgehead atoms. The second-order valence-corrected chi connectivity index (χ2v) is 13.6. The summed E-state index contributed by atoms with van der Waals surface area (Å²) >= 11 is 0. The number of hydrogen-bond donors (Lipinski definition) is 0. The number of unbranched alkanes of at least 4 members (excludes halogenated alkanes) is 10. The molecule has 0 atom stereocenters. The Morgan fingerprint density at radius 3 is 1.06 bits per heavy atom. The van der Waals surface area contributed by atoms with Crippen LogP contribution in [0.3, 0.4) is 0 Å². The Morgan fingerprint density at radius 2 is 0.740 bits per heavy atom. The summed E-state index contributed by atoms with van der Waals surface area (Å²) in [6, 6.07) is 51.5. The van der Waals surface area contributed by atoms with Crippen LogP contribution in [0.2, 0.25) is 0 Å². The highest BCUT2D eigenvalue weighted by molar-refractivity contribution is 7.19. The lowest BCUT2D eigenvalue weighted by Gasteiger charge is -2.44. The average molecular weight is 664 g/mol. The van der Waals surface area contributed by atoms with E-state index >= 15 is 0 Å². The van der Waals surface area contributed by atoms with Gasteiger partial charge in [0.15, 0.2) is 4.98 Å². The highest BCUT2D eigenvalue weighted by atomic mass is 15.1. The maximum atomic E-state index is 8.87. The predicted octanol–water partition coefficient (Wildman–Crippen LogP) is 10.8. The van der Waals surface area contributed by atoms with E-state index < -0.39 is 6.15 Å². The molecule has 0 heterocycles. The largest absolute Gasteiger partial charge is 0.385 e. The molecule has 5 rings (SSSR count). The second-order valence-electron chi connectivity index (χ2n) is 13.6. The van der Waals surface area contributed by atoms with Crippen molar-refractivity contribution in [1.82, 2.24) is 0 Å². The Hall–Kier alpha value is -4.62. The number of hydrogen-bond acceptors (Lipinski definition) is 2. The lowest BCUT2D eigenvalue weighted by Crippen LogP contribution is -2.74. The summed E-state index contributed by atoms with van der Waals surface area (Å²) in [5.74, 6) is 0. The highest BCUT2D eigenvalue weighted by Gasteiger charge is 2.31. The first-order chi connectivity index (χ1) is 24.7. The van der Waals surface area contributed by atoms with Crippen LogP contribution in [-0.2, 0) is 0 Å². The molecule has 0 spiro atoms. The molecule has 5 aromatic carbocycles. The van der Waals surface area contributed by atoms with Gasteiger partial charge in [0.05, 0.1) is 0 Å². The summed E-state index contributed by atoms with van der Waals surface area (Å²) in [6.07, 6.45) is 14.8. The number of rotatable bonds is 19. The molecule has 0 saturated heterocycles. The van der Waals surface area contributed by atoms with E-state index in [1.807, 2.05) is 12.1 Å². The maximum absolute atomic E-state index is 8.87. The van der Waals surface area contributed by atoms with Crippen LogP contribution >= 0.6 is 0 Å². The van der Waals surface area contributed by atoms with Gasteiger partial charge in [0.1, 0.15) is 6.15 Å². The Balaban J connectivity index is 0.000000225. The van der Waals surface area contributed by atoms with Gasteiger partial charge in [-0.25, -0.2) is 0 Å². The highest BCUT2D eigenvalue weighted by Crippen LogP contribution is 2.21. The maximum Gasteiger partial charge on any atom is 0.385 e. The van der Waals surface area contributed by atoms with Gasteiger partial charge in [0.25, 0.3) is 0 Å². The first-order valence-corrected chi connectivity index (χ1v) is 19.3. The van der Waals surface area contributed by atoms with Gasteiger partial charge in [-0.1, -0.05) is 199 Å². The van der Waals surface area contributed by atoms with E-state index in [1.54, 1.807) is 0 Å². The molecule has 0 aliphatic carbocycles. The van der Waals surface area contributed by atoms with Crippen LogP contribution in [0.1, 0.15) is 90.9 Å². The van der Waals surface area contributed by atoms with Crippen molar-refractivity contribution in [3.63, 3.8) is 0 Å². The number of benzene rings is 5. The molecule has 0 N–H and O–H groups in total. The van der Waals surface area contributed by atoms with Crippen molar-refractivity contribution in [2.24, 2.45) is 0 Å². The lowest BCUT2D eigenvalue weighted by atomic mass is 9.13. The van der Waals surface area contributed by atoms with Crippen molar-refractivity contribution in [3.05, 3.63) is 151 Å². The summed E-state index contributed by atoms with van der Waals surface area (Å²) in [4.78, 5) is 5.78. The van der Waals surface area contributed by atoms with Crippen LogP contribution in [-0.4, -0.2) is 19.2 Å². The molecule has 260 valence electrons. The van der Waals surface area contributed by atoms with E-state index in [0.29, 0.717) is 5.69 Å². The zero-order valence-corrected chi connectivity index (χ0v) is 30.7. The Labute approximate surface area is 303 Å². The van der Waals surface area contributed by atoms with Gasteiger partial charge in [-0.05, 0) is 25.0 Å². The number of diazo groups is 1. The standard InChI is InChI=1S/C24H20B.C22H38N3/c1-5-13-21(14-6-1)25(22-15-7-2-8-16-22,23-17-9-3-10-18-23)24-19-11-4-12-20-24;1-3-5-7-9-11-13-19-25(20-14-12-10-8-6-4-2)22-17-15-21(24-23)16-18-22/h1-20H;15-18H,3-14,19-20H2,1-2H3/q-1;+1. The van der Waals surface area contributed by atoms with E-state index in [4.69, 9.17) is 5.39 Å². The fraction of sp³-hybridized carbons (Fsp3) is 0.348. The summed E-state index contributed by atoms with van der Waals surface area (Å²) in [7, 11) is 0. The van der Waals surface area contributed by atoms with Crippen LogP contribution in [0.4, 0.5) is 11.4 Å². The van der Waals surface area contributed by atoms with Crippen molar-refractivity contribution in [3.8, 4) is 0 Å². The van der Waals surface area contributed by atoms with Crippen LogP contribution in [0.25, 0.3) is 4.98 Å². The molecule has 0 saturated carbocycles. The zero-order chi connectivity index (χ0) is 35.1. The SMILES string of the molecule is CCCCCCCCN(CCCCCCCC)c1ccc([N+]#N)cc1.c1ccc([B-](c2ccccc2)(c2ccccc2)c2ccccc2)cc1. The van der Waals surface area contributed by atoms with E-state index in [9.17, 15) is 0 Å². The molecular formula is C46H58BN3. The molecule has 3 nitrogen and oxygen atoms in total. The molecule has 0 aliphatic rings. The van der Waals surface area contributed by atoms with Crippen molar-refractivity contribution in [2.45, 2.75) is 90.9 Å². The molecule has 0 radical (unpaired) electrons. The predicted molar refractivity (Wildman–Crippen MR) is 220 cm³/mol. The van der Waals surface area contributed by atoms with Gasteiger partial charge in [-0.15, -0.1) is 0 Å². The van der Waals surface area contributed by atoms with Crippen molar-refractivity contribution in [1.29, 1.82) is 5.39 Å². The van der Waals surface area contributed by atoms with Gasteiger partial charge in [-0.3, -0.25) is 0 Å². The third kappa shape index (κ3) is 11.2. The molecular weight excluding hydrogens is 605 g/mol. The van der Waals surface area contributed by atoms with Crippen molar-refractivity contribution < 1.29 is 0 Å². The van der Waals surface area contributed by atoms with E-state index in [-0.39, 0.29) is 0 Å². The third-order valence-electron chi connectivity index (χ3n) is 10.1. The summed E-state index contributed by atoms with van der Waals surface area (Å²) in [5.41, 5.74) is 7.24. The van der Waals surface area contributed by atoms with Crippen molar-refractivity contribution >= 4 is 39.4 Å². The Kier molecular flexibility index (Phi) is 16.9. The Bertz CT molecular complexity index is 1440. The molecule has 4 heteroatoms. The minimum absolute atomic E-state index is 0.628. The Morgan fingerprint density at radius 1 is 0.420 bits per heavy atom. The van der Waals surface area contributed by atoms with Crippen molar-refractivity contribution in [2.75, 3.05) is 18.0 Å². The third-order valence-corrected chi connectivity index (χ3v) is 10.1. The summed E-state index contributed by atoms with van der Waals surface area (Å²) < 4.78 is 0. The van der Waals surface area contributed by atoms with E-state index in [1.165, 1.54) is 105 Å². The lowest BCUT2D eigenvalue weighted by molar-refractivity contribution is 0.575. The van der Waals surface area contributed by atoms with E-state index in [2.05, 4.69) is 157 Å². The first kappa shape index (κ1) is 38.2. The van der Waals surface area contributed by atoms with Gasteiger partial charge < -0.3 is 4.90 Å². The molecule has 5 aromatic rings. The van der Waals surface area contributed by atoms with Gasteiger partial charge >= 0.3 is 5.69 Å². The molecule has 0 unspecified atom stereocenters. The van der Waals surface area contributed by atoms with Crippen LogP contribution in [0.5, 0.6) is 0 Å². The van der Waals surface area contributed by atoms with E-state index in [0.717, 1.165) is 13.1 Å². The summed E-state index contributed by atoms with van der Waals surface area (Å²) in [6.45, 7) is 6.81. The fourth-order valence-electron chi connectivity index (χ4n) is 7.39. The molecule has 50 heavy (non-hydrogen) atoms. The molecule has 0 aromatic heterocycles. The molecule has 0 aliphatic heterocycles. The molecule has 0 amide bonds. The first-order valence-electron chi connectivity index (χ1n) is 19.3. The van der Waals surface area contributed by atoms with Crippen LogP contribution in [0, 0.1) is 5.39 Å². The normalized spacial score (nSPS) is 10.9. The van der Waals surface area contributed by atoms with Gasteiger partial charge in [0.2, 0.25) is 5.39 Å². The molecule has 0 fully saturated rings. The topological polar surface area (TPSA) is 31.4 Å².